The molecular weight excluding hydrogens is 328 g/mol. The molecule has 4 nitrogen and oxygen atoms in total. The highest BCUT2D eigenvalue weighted by Crippen LogP contribution is 2.15. The van der Waals surface area contributed by atoms with Gasteiger partial charge < -0.3 is 10.6 Å². The van der Waals surface area contributed by atoms with Crippen LogP contribution in [0.4, 0.5) is 5.69 Å². The number of hydrogen-bond donors (Lipinski definition) is 2. The van der Waals surface area contributed by atoms with Gasteiger partial charge in [0.1, 0.15) is 0 Å². The molecule has 3 rings (SSSR count). The van der Waals surface area contributed by atoms with E-state index in [4.69, 9.17) is 12.2 Å². The predicted octanol–water partition coefficient (Wildman–Crippen LogP) is 3.65. The van der Waals surface area contributed by atoms with Crippen LogP contribution in [-0.4, -0.2) is 34.1 Å². The maximum atomic E-state index is 5.49. The number of rotatable bonds is 4. The molecule has 2 N–H and O–H groups in total. The van der Waals surface area contributed by atoms with Crippen LogP contribution >= 0.6 is 12.2 Å². The summed E-state index contributed by atoms with van der Waals surface area (Å²) >= 11 is 5.49. The summed E-state index contributed by atoms with van der Waals surface area (Å²) in [5.41, 5.74) is 4.68. The monoisotopic (exact) mass is 354 g/mol. The van der Waals surface area contributed by atoms with Crippen LogP contribution in [0.15, 0.2) is 42.6 Å². The molecule has 1 aromatic heterocycles. The number of pyridine rings is 1. The van der Waals surface area contributed by atoms with Crippen molar-refractivity contribution in [3.8, 4) is 0 Å². The lowest BCUT2D eigenvalue weighted by atomic mass is 10.1. The van der Waals surface area contributed by atoms with E-state index in [-0.39, 0.29) is 0 Å². The van der Waals surface area contributed by atoms with E-state index in [2.05, 4.69) is 58.6 Å². The molecule has 0 atom stereocenters. The Morgan fingerprint density at radius 3 is 2.52 bits per heavy atom. The SMILES string of the molecule is Cc1cc(C)cc(NC(=S)NC2CCN(Cc3ccccn3)CC2)c1. The number of aryl methyl sites for hydroxylation is 2. The maximum absolute atomic E-state index is 5.49. The molecule has 2 heterocycles. The molecule has 1 saturated heterocycles. The van der Waals surface area contributed by atoms with Crippen LogP contribution in [0.25, 0.3) is 0 Å². The average Bonchev–Trinajstić information content (AvgIpc) is 2.56. The van der Waals surface area contributed by atoms with Gasteiger partial charge in [-0.1, -0.05) is 12.1 Å². The van der Waals surface area contributed by atoms with E-state index in [0.29, 0.717) is 11.2 Å². The first kappa shape index (κ1) is 17.8. The lowest BCUT2D eigenvalue weighted by Crippen LogP contribution is -2.45. The normalized spacial score (nSPS) is 15.8. The van der Waals surface area contributed by atoms with Crippen molar-refractivity contribution in [2.45, 2.75) is 39.3 Å². The third-order valence-electron chi connectivity index (χ3n) is 4.51. The summed E-state index contributed by atoms with van der Waals surface area (Å²) in [6, 6.07) is 12.9. The molecule has 0 saturated carbocycles. The largest absolute Gasteiger partial charge is 0.360 e. The second kappa shape index (κ2) is 8.41. The number of anilines is 1. The Balaban J connectivity index is 1.44. The Hall–Kier alpha value is -1.98. The number of thiocarbonyl (C=S) groups is 1. The summed E-state index contributed by atoms with van der Waals surface area (Å²) < 4.78 is 0. The molecular formula is C20H26N4S. The van der Waals surface area contributed by atoms with Gasteiger partial charge in [-0.2, -0.15) is 0 Å². The fourth-order valence-corrected chi connectivity index (χ4v) is 3.64. The zero-order valence-corrected chi connectivity index (χ0v) is 15.8. The number of likely N-dealkylation sites (tertiary alicyclic amines) is 1. The molecule has 0 unspecified atom stereocenters. The first-order valence-electron chi connectivity index (χ1n) is 8.86. The second-order valence-corrected chi connectivity index (χ2v) is 7.25. The second-order valence-electron chi connectivity index (χ2n) is 6.85. The number of aromatic nitrogens is 1. The zero-order chi connectivity index (χ0) is 17.6. The molecule has 0 bridgehead atoms. The van der Waals surface area contributed by atoms with Crippen molar-refractivity contribution in [1.29, 1.82) is 0 Å². The van der Waals surface area contributed by atoms with E-state index in [1.165, 1.54) is 11.1 Å². The topological polar surface area (TPSA) is 40.2 Å². The Bertz CT molecular complexity index is 689. The number of hydrogen-bond acceptors (Lipinski definition) is 3. The van der Waals surface area contributed by atoms with Gasteiger partial charge in [0.25, 0.3) is 0 Å². The van der Waals surface area contributed by atoms with Gasteiger partial charge in [0.15, 0.2) is 5.11 Å². The van der Waals surface area contributed by atoms with E-state index in [1.54, 1.807) is 0 Å². The summed E-state index contributed by atoms with van der Waals surface area (Å²) in [5, 5.41) is 7.50. The molecule has 0 radical (unpaired) electrons. The molecule has 0 spiro atoms. The van der Waals surface area contributed by atoms with Gasteiger partial charge in [0.05, 0.1) is 5.69 Å². The van der Waals surface area contributed by atoms with Gasteiger partial charge >= 0.3 is 0 Å². The van der Waals surface area contributed by atoms with Gasteiger partial charge in [0, 0.05) is 37.6 Å². The molecule has 0 amide bonds. The minimum absolute atomic E-state index is 0.436. The molecule has 132 valence electrons. The minimum atomic E-state index is 0.436. The quantitative estimate of drug-likeness (QED) is 0.820. The molecule has 5 heteroatoms. The van der Waals surface area contributed by atoms with E-state index in [1.807, 2.05) is 18.3 Å². The lowest BCUT2D eigenvalue weighted by molar-refractivity contribution is 0.197. The molecule has 1 aromatic carbocycles. The molecule has 0 aliphatic carbocycles. The Labute approximate surface area is 155 Å². The van der Waals surface area contributed by atoms with Crippen LogP contribution in [0.3, 0.4) is 0 Å². The highest BCUT2D eigenvalue weighted by atomic mass is 32.1. The summed E-state index contributed by atoms with van der Waals surface area (Å²) in [5.74, 6) is 0. The summed E-state index contributed by atoms with van der Waals surface area (Å²) in [4.78, 5) is 6.87. The Kier molecular flexibility index (Phi) is 6.00. The first-order chi connectivity index (χ1) is 12.1. The van der Waals surface area contributed by atoms with E-state index >= 15 is 0 Å². The van der Waals surface area contributed by atoms with Gasteiger partial charge in [-0.05, 0) is 74.3 Å². The van der Waals surface area contributed by atoms with E-state index < -0.39 is 0 Å². The third kappa shape index (κ3) is 5.51. The Morgan fingerprint density at radius 2 is 1.88 bits per heavy atom. The summed E-state index contributed by atoms with van der Waals surface area (Å²) in [6.07, 6.45) is 4.06. The number of piperidine rings is 1. The number of nitrogens with one attached hydrogen (secondary N) is 2. The average molecular weight is 355 g/mol. The molecule has 25 heavy (non-hydrogen) atoms. The number of benzene rings is 1. The van der Waals surface area contributed by atoms with Gasteiger partial charge in [-0.3, -0.25) is 9.88 Å². The molecule has 2 aromatic rings. The predicted molar refractivity (Wildman–Crippen MR) is 108 cm³/mol. The minimum Gasteiger partial charge on any atom is -0.360 e. The maximum Gasteiger partial charge on any atom is 0.170 e. The molecule has 1 aliphatic heterocycles. The first-order valence-corrected chi connectivity index (χ1v) is 9.27. The Morgan fingerprint density at radius 1 is 1.16 bits per heavy atom. The highest BCUT2D eigenvalue weighted by Gasteiger charge is 2.20. The fraction of sp³-hybridized carbons (Fsp3) is 0.400. The van der Waals surface area contributed by atoms with Crippen LogP contribution in [0.2, 0.25) is 0 Å². The van der Waals surface area contributed by atoms with Crippen LogP contribution in [-0.2, 0) is 6.54 Å². The lowest BCUT2D eigenvalue weighted by Gasteiger charge is -2.32. The highest BCUT2D eigenvalue weighted by molar-refractivity contribution is 7.80. The molecule has 1 aliphatic rings. The summed E-state index contributed by atoms with van der Waals surface area (Å²) in [7, 11) is 0. The van der Waals surface area contributed by atoms with Crippen molar-refractivity contribution >= 4 is 23.0 Å². The van der Waals surface area contributed by atoms with Crippen molar-refractivity contribution in [2.24, 2.45) is 0 Å². The number of nitrogens with zero attached hydrogens (tertiary/aromatic N) is 2. The van der Waals surface area contributed by atoms with Gasteiger partial charge in [0.2, 0.25) is 0 Å². The van der Waals surface area contributed by atoms with Crippen LogP contribution in [0.5, 0.6) is 0 Å². The van der Waals surface area contributed by atoms with Gasteiger partial charge in [-0.25, -0.2) is 0 Å². The van der Waals surface area contributed by atoms with E-state index in [9.17, 15) is 0 Å². The van der Waals surface area contributed by atoms with E-state index in [0.717, 1.165) is 43.9 Å². The smallest absolute Gasteiger partial charge is 0.170 e. The van der Waals surface area contributed by atoms with Gasteiger partial charge in [-0.15, -0.1) is 0 Å². The van der Waals surface area contributed by atoms with Crippen LogP contribution in [0.1, 0.15) is 29.7 Å². The summed E-state index contributed by atoms with van der Waals surface area (Å²) in [6.45, 7) is 7.28. The fourth-order valence-electron chi connectivity index (χ4n) is 3.36. The van der Waals surface area contributed by atoms with Crippen molar-refractivity contribution < 1.29 is 0 Å². The van der Waals surface area contributed by atoms with Crippen molar-refractivity contribution in [1.82, 2.24) is 15.2 Å². The van der Waals surface area contributed by atoms with Crippen LogP contribution in [0, 0.1) is 13.8 Å². The van der Waals surface area contributed by atoms with Crippen molar-refractivity contribution in [3.63, 3.8) is 0 Å². The standard InChI is InChI=1S/C20H26N4S/c1-15-11-16(2)13-19(12-15)23-20(25)22-17-6-9-24(10-7-17)14-18-5-3-4-8-21-18/h3-5,8,11-13,17H,6-7,9-10,14H2,1-2H3,(H2,22,23,25). The third-order valence-corrected chi connectivity index (χ3v) is 4.73. The van der Waals surface area contributed by atoms with Crippen molar-refractivity contribution in [3.05, 3.63) is 59.4 Å². The zero-order valence-electron chi connectivity index (χ0n) is 15.0. The van der Waals surface area contributed by atoms with Crippen LogP contribution < -0.4 is 10.6 Å². The van der Waals surface area contributed by atoms with Crippen molar-refractivity contribution in [2.75, 3.05) is 18.4 Å². The molecule has 1 fully saturated rings.